The summed E-state index contributed by atoms with van der Waals surface area (Å²) in [5, 5.41) is 0.581. The Bertz CT molecular complexity index is 1140. The second kappa shape index (κ2) is 10.8. The van der Waals surface area contributed by atoms with Crippen molar-refractivity contribution in [2.75, 3.05) is 52.9 Å². The van der Waals surface area contributed by atoms with Crippen LogP contribution in [0.1, 0.15) is 19.3 Å². The molecule has 190 valence electrons. The van der Waals surface area contributed by atoms with Gasteiger partial charge in [-0.25, -0.2) is 12.8 Å². The number of benzene rings is 2. The van der Waals surface area contributed by atoms with Crippen LogP contribution < -0.4 is 4.74 Å². The molecule has 1 unspecified atom stereocenters. The average molecular weight is 524 g/mol. The maximum absolute atomic E-state index is 14.4. The molecule has 2 aliphatic heterocycles. The first-order valence-electron chi connectivity index (χ1n) is 11.8. The van der Waals surface area contributed by atoms with Crippen molar-refractivity contribution < 1.29 is 22.3 Å². The lowest BCUT2D eigenvalue weighted by Crippen LogP contribution is -2.53. The molecular weight excluding hydrogens is 493 g/mol. The molecule has 10 heteroatoms. The van der Waals surface area contributed by atoms with Crippen molar-refractivity contribution in [1.29, 1.82) is 0 Å². The highest BCUT2D eigenvalue weighted by Gasteiger charge is 2.43. The van der Waals surface area contributed by atoms with Gasteiger partial charge in [-0.1, -0.05) is 23.7 Å². The summed E-state index contributed by atoms with van der Waals surface area (Å²) < 4.78 is 48.5. The minimum atomic E-state index is -4.07. The number of ether oxygens (including phenoxy) is 1. The van der Waals surface area contributed by atoms with Gasteiger partial charge in [-0.2, -0.15) is 4.31 Å². The van der Waals surface area contributed by atoms with Crippen LogP contribution in [-0.4, -0.2) is 81.4 Å². The van der Waals surface area contributed by atoms with Crippen LogP contribution in [0.15, 0.2) is 53.4 Å². The quantitative estimate of drug-likeness (QED) is 0.555. The van der Waals surface area contributed by atoms with Gasteiger partial charge in [0.1, 0.15) is 16.5 Å². The Labute approximate surface area is 211 Å². The Morgan fingerprint density at radius 1 is 1.06 bits per heavy atom. The fourth-order valence-electron chi connectivity index (χ4n) is 4.73. The van der Waals surface area contributed by atoms with E-state index in [1.165, 1.54) is 22.5 Å². The van der Waals surface area contributed by atoms with Crippen LogP contribution in [0, 0.1) is 11.2 Å². The largest absolute Gasteiger partial charge is 0.493 e. The first-order chi connectivity index (χ1) is 16.7. The number of piperidine rings is 1. The summed E-state index contributed by atoms with van der Waals surface area (Å²) in [6.07, 6.45) is 1.34. The van der Waals surface area contributed by atoms with Crippen LogP contribution in [0.4, 0.5) is 4.39 Å². The van der Waals surface area contributed by atoms with E-state index in [0.29, 0.717) is 36.7 Å². The lowest BCUT2D eigenvalue weighted by molar-refractivity contribution is -0.136. The summed E-state index contributed by atoms with van der Waals surface area (Å²) >= 11 is 5.98. The molecule has 1 amide bonds. The molecule has 35 heavy (non-hydrogen) atoms. The minimum Gasteiger partial charge on any atom is -0.493 e. The third-order valence-corrected chi connectivity index (χ3v) is 8.95. The van der Waals surface area contributed by atoms with Gasteiger partial charge in [-0.3, -0.25) is 4.79 Å². The fraction of sp³-hybridized carbons (Fsp3) is 0.480. The van der Waals surface area contributed by atoms with Crippen LogP contribution in [0.3, 0.4) is 0 Å². The number of halogens is 2. The van der Waals surface area contributed by atoms with Crippen LogP contribution in [-0.2, 0) is 14.8 Å². The van der Waals surface area contributed by atoms with E-state index in [2.05, 4.69) is 4.90 Å². The Morgan fingerprint density at radius 2 is 1.74 bits per heavy atom. The van der Waals surface area contributed by atoms with Crippen molar-refractivity contribution in [2.24, 2.45) is 5.41 Å². The zero-order valence-electron chi connectivity index (χ0n) is 19.8. The smallest absolute Gasteiger partial charge is 0.246 e. The molecule has 0 bridgehead atoms. The van der Waals surface area contributed by atoms with Crippen LogP contribution in [0.2, 0.25) is 5.02 Å². The molecule has 2 aromatic rings. The SMILES string of the molecule is CN1CCN(C(=O)CC2(COc3ccc(Cl)cc3)CCCN(S(=O)(=O)c3ccccc3F)C2)CC1. The number of rotatable bonds is 7. The molecule has 1 atom stereocenters. The van der Waals surface area contributed by atoms with Crippen molar-refractivity contribution in [2.45, 2.75) is 24.2 Å². The maximum atomic E-state index is 14.4. The molecule has 0 aromatic heterocycles. The predicted molar refractivity (Wildman–Crippen MR) is 132 cm³/mol. The average Bonchev–Trinajstić information content (AvgIpc) is 2.84. The normalized spacial score (nSPS) is 22.2. The second-order valence-electron chi connectivity index (χ2n) is 9.48. The highest BCUT2D eigenvalue weighted by Crippen LogP contribution is 2.38. The van der Waals surface area contributed by atoms with Gasteiger partial charge in [0.05, 0.1) is 6.61 Å². The summed E-state index contributed by atoms with van der Waals surface area (Å²) in [4.78, 5) is 17.0. The monoisotopic (exact) mass is 523 g/mol. The lowest BCUT2D eigenvalue weighted by Gasteiger charge is -2.43. The number of carbonyl (C=O) groups is 1. The van der Waals surface area contributed by atoms with Crippen LogP contribution in [0.5, 0.6) is 5.75 Å². The van der Waals surface area contributed by atoms with Gasteiger partial charge >= 0.3 is 0 Å². The molecule has 4 rings (SSSR count). The van der Waals surface area contributed by atoms with Crippen LogP contribution in [0.25, 0.3) is 0 Å². The first kappa shape index (κ1) is 25.9. The zero-order chi connectivity index (χ0) is 25.1. The van der Waals surface area contributed by atoms with Gasteiger partial charge in [0.15, 0.2) is 0 Å². The lowest BCUT2D eigenvalue weighted by atomic mass is 9.78. The topological polar surface area (TPSA) is 70.2 Å². The Kier molecular flexibility index (Phi) is 8.00. The molecule has 2 saturated heterocycles. The second-order valence-corrected chi connectivity index (χ2v) is 11.8. The third kappa shape index (κ3) is 6.14. The van der Waals surface area contributed by atoms with E-state index in [-0.39, 0.29) is 36.9 Å². The minimum absolute atomic E-state index is 0.0112. The molecule has 2 fully saturated rings. The summed E-state index contributed by atoms with van der Waals surface area (Å²) in [6.45, 7) is 3.39. The summed E-state index contributed by atoms with van der Waals surface area (Å²) in [5.41, 5.74) is -0.739. The molecule has 2 aliphatic rings. The van der Waals surface area contributed by atoms with E-state index in [4.69, 9.17) is 16.3 Å². The Hall–Kier alpha value is -2.20. The highest BCUT2D eigenvalue weighted by atomic mass is 35.5. The van der Waals surface area contributed by atoms with Gasteiger partial charge < -0.3 is 14.5 Å². The number of amides is 1. The Balaban J connectivity index is 1.58. The van der Waals surface area contributed by atoms with E-state index in [0.717, 1.165) is 19.2 Å². The standard InChI is InChI=1S/C25H31ClFN3O4S/c1-28-13-15-29(16-14-28)24(31)17-25(19-34-21-9-7-20(26)8-10-21)11-4-12-30(18-25)35(32,33)23-6-3-2-5-22(23)27/h2-3,5-10H,4,11-19H2,1H3. The van der Waals surface area contributed by atoms with E-state index in [1.807, 2.05) is 11.9 Å². The molecule has 0 N–H and O–H groups in total. The van der Waals surface area contributed by atoms with Crippen molar-refractivity contribution in [1.82, 2.24) is 14.1 Å². The number of sulfonamides is 1. The summed E-state index contributed by atoms with van der Waals surface area (Å²) in [5.74, 6) is -0.201. The molecular formula is C25H31ClFN3O4S. The van der Waals surface area contributed by atoms with Crippen molar-refractivity contribution in [3.63, 3.8) is 0 Å². The van der Waals surface area contributed by atoms with E-state index >= 15 is 0 Å². The number of carbonyl (C=O) groups excluding carboxylic acids is 1. The van der Waals surface area contributed by atoms with Gasteiger partial charge in [0.2, 0.25) is 15.9 Å². The van der Waals surface area contributed by atoms with Gasteiger partial charge in [0, 0.05) is 56.1 Å². The number of nitrogens with zero attached hydrogens (tertiary/aromatic N) is 3. The molecule has 0 radical (unpaired) electrons. The number of hydrogen-bond acceptors (Lipinski definition) is 5. The van der Waals surface area contributed by atoms with Gasteiger partial charge in [-0.05, 0) is 56.3 Å². The van der Waals surface area contributed by atoms with Crippen molar-refractivity contribution in [3.05, 3.63) is 59.4 Å². The van der Waals surface area contributed by atoms with E-state index in [1.54, 1.807) is 24.3 Å². The molecule has 2 aromatic carbocycles. The van der Waals surface area contributed by atoms with E-state index < -0.39 is 21.3 Å². The third-order valence-electron chi connectivity index (χ3n) is 6.82. The highest BCUT2D eigenvalue weighted by molar-refractivity contribution is 7.89. The first-order valence-corrected chi connectivity index (χ1v) is 13.6. The predicted octanol–water partition coefficient (Wildman–Crippen LogP) is 3.49. The summed E-state index contributed by atoms with van der Waals surface area (Å²) in [7, 11) is -2.04. The molecule has 7 nitrogen and oxygen atoms in total. The Morgan fingerprint density at radius 3 is 2.43 bits per heavy atom. The molecule has 2 heterocycles. The molecule has 0 spiro atoms. The molecule has 0 aliphatic carbocycles. The van der Waals surface area contributed by atoms with Gasteiger partial charge in [0.25, 0.3) is 0 Å². The maximum Gasteiger partial charge on any atom is 0.246 e. The fourth-order valence-corrected chi connectivity index (χ4v) is 6.51. The summed E-state index contributed by atoms with van der Waals surface area (Å²) in [6, 6.07) is 12.3. The van der Waals surface area contributed by atoms with E-state index in [9.17, 15) is 17.6 Å². The van der Waals surface area contributed by atoms with Crippen molar-refractivity contribution in [3.8, 4) is 5.75 Å². The molecule has 0 saturated carbocycles. The number of hydrogen-bond donors (Lipinski definition) is 0. The van der Waals surface area contributed by atoms with Crippen molar-refractivity contribution >= 4 is 27.5 Å². The number of piperazine rings is 1. The zero-order valence-corrected chi connectivity index (χ0v) is 21.4. The van der Waals surface area contributed by atoms with Crippen LogP contribution >= 0.6 is 11.6 Å². The number of likely N-dealkylation sites (N-methyl/N-ethyl adjacent to an activating group) is 1. The van der Waals surface area contributed by atoms with Gasteiger partial charge in [-0.15, -0.1) is 0 Å².